The van der Waals surface area contributed by atoms with Gasteiger partial charge in [-0.05, 0) is 66.7 Å². The van der Waals surface area contributed by atoms with E-state index in [0.29, 0.717) is 0 Å². The average Bonchev–Trinajstić information content (AvgIpc) is 2.65. The van der Waals surface area contributed by atoms with E-state index in [1.807, 2.05) is 12.1 Å². The SMILES string of the molecule is C=C1CN(c2ccc(Cl)cc2)CC2=C1CCCCC2. The third-order valence-corrected chi connectivity index (χ3v) is 4.47. The van der Waals surface area contributed by atoms with Crippen molar-refractivity contribution in [1.29, 1.82) is 0 Å². The highest BCUT2D eigenvalue weighted by molar-refractivity contribution is 6.30. The Balaban J connectivity index is 1.85. The molecule has 0 saturated heterocycles. The molecule has 0 aromatic heterocycles. The summed E-state index contributed by atoms with van der Waals surface area (Å²) in [5.41, 5.74) is 5.76. The number of anilines is 1. The fraction of sp³-hybridized carbons (Fsp3) is 0.412. The Morgan fingerprint density at radius 3 is 2.47 bits per heavy atom. The zero-order valence-electron chi connectivity index (χ0n) is 11.3. The van der Waals surface area contributed by atoms with E-state index in [1.54, 1.807) is 11.1 Å². The van der Waals surface area contributed by atoms with Gasteiger partial charge in [0, 0.05) is 23.8 Å². The third-order valence-electron chi connectivity index (χ3n) is 4.21. The Morgan fingerprint density at radius 2 is 1.68 bits per heavy atom. The summed E-state index contributed by atoms with van der Waals surface area (Å²) >= 11 is 5.97. The lowest BCUT2D eigenvalue weighted by Crippen LogP contribution is -2.32. The fourth-order valence-electron chi connectivity index (χ4n) is 3.19. The Bertz CT molecular complexity index is 513. The molecule has 0 fully saturated rings. The van der Waals surface area contributed by atoms with Gasteiger partial charge in [0.2, 0.25) is 0 Å². The van der Waals surface area contributed by atoms with Crippen LogP contribution in [0.5, 0.6) is 0 Å². The van der Waals surface area contributed by atoms with E-state index >= 15 is 0 Å². The van der Waals surface area contributed by atoms with Gasteiger partial charge in [0.15, 0.2) is 0 Å². The van der Waals surface area contributed by atoms with Crippen LogP contribution in [0.1, 0.15) is 32.1 Å². The first kappa shape index (κ1) is 12.8. The number of halogens is 1. The Hall–Kier alpha value is -1.21. The number of nitrogens with zero attached hydrogens (tertiary/aromatic N) is 1. The molecule has 0 atom stereocenters. The molecule has 1 aromatic rings. The highest BCUT2D eigenvalue weighted by Crippen LogP contribution is 2.34. The van der Waals surface area contributed by atoms with Crippen LogP contribution in [0, 0.1) is 0 Å². The van der Waals surface area contributed by atoms with Crippen molar-refractivity contribution >= 4 is 17.3 Å². The normalized spacial score (nSPS) is 20.3. The van der Waals surface area contributed by atoms with Crippen LogP contribution in [0.15, 0.2) is 47.6 Å². The van der Waals surface area contributed by atoms with Gasteiger partial charge in [-0.3, -0.25) is 0 Å². The molecule has 1 aromatic carbocycles. The van der Waals surface area contributed by atoms with Gasteiger partial charge in [0.25, 0.3) is 0 Å². The van der Waals surface area contributed by atoms with Crippen molar-refractivity contribution in [2.24, 2.45) is 0 Å². The maximum absolute atomic E-state index is 5.97. The van der Waals surface area contributed by atoms with E-state index in [0.717, 1.165) is 18.1 Å². The van der Waals surface area contributed by atoms with E-state index in [2.05, 4.69) is 23.6 Å². The molecule has 2 heteroatoms. The van der Waals surface area contributed by atoms with Crippen molar-refractivity contribution in [3.8, 4) is 0 Å². The molecule has 19 heavy (non-hydrogen) atoms. The third kappa shape index (κ3) is 2.71. The molecule has 0 amide bonds. The second-order valence-electron chi connectivity index (χ2n) is 5.58. The van der Waals surface area contributed by atoms with E-state index < -0.39 is 0 Å². The van der Waals surface area contributed by atoms with E-state index in [1.165, 1.54) is 43.4 Å². The van der Waals surface area contributed by atoms with Crippen molar-refractivity contribution in [1.82, 2.24) is 0 Å². The summed E-state index contributed by atoms with van der Waals surface area (Å²) in [5.74, 6) is 0. The van der Waals surface area contributed by atoms with Gasteiger partial charge < -0.3 is 4.90 Å². The van der Waals surface area contributed by atoms with Crippen LogP contribution in [0.2, 0.25) is 5.02 Å². The monoisotopic (exact) mass is 273 g/mol. The largest absolute Gasteiger partial charge is 0.363 e. The first-order valence-electron chi connectivity index (χ1n) is 7.13. The van der Waals surface area contributed by atoms with Gasteiger partial charge in [-0.25, -0.2) is 0 Å². The van der Waals surface area contributed by atoms with E-state index in [-0.39, 0.29) is 0 Å². The molecule has 0 spiro atoms. The second-order valence-corrected chi connectivity index (χ2v) is 6.02. The van der Waals surface area contributed by atoms with Crippen molar-refractivity contribution in [3.05, 3.63) is 52.6 Å². The van der Waals surface area contributed by atoms with Crippen molar-refractivity contribution in [2.75, 3.05) is 18.0 Å². The second kappa shape index (κ2) is 5.42. The summed E-state index contributed by atoms with van der Waals surface area (Å²) in [4.78, 5) is 2.42. The average molecular weight is 274 g/mol. The van der Waals surface area contributed by atoms with E-state index in [4.69, 9.17) is 11.6 Å². The summed E-state index contributed by atoms with van der Waals surface area (Å²) in [7, 11) is 0. The Morgan fingerprint density at radius 1 is 0.947 bits per heavy atom. The molecule has 3 rings (SSSR count). The van der Waals surface area contributed by atoms with Crippen LogP contribution >= 0.6 is 11.6 Å². The first-order valence-corrected chi connectivity index (χ1v) is 7.51. The fourth-order valence-corrected chi connectivity index (χ4v) is 3.32. The molecule has 0 N–H and O–H groups in total. The molecule has 0 bridgehead atoms. The molecule has 0 radical (unpaired) electrons. The van der Waals surface area contributed by atoms with Crippen molar-refractivity contribution in [3.63, 3.8) is 0 Å². The zero-order chi connectivity index (χ0) is 13.2. The van der Waals surface area contributed by atoms with Gasteiger partial charge in [0.05, 0.1) is 0 Å². The summed E-state index contributed by atoms with van der Waals surface area (Å²) in [5, 5.41) is 0.800. The Labute approximate surface area is 120 Å². The lowest BCUT2D eigenvalue weighted by Gasteiger charge is -2.33. The molecular formula is C17H20ClN. The van der Waals surface area contributed by atoms with Gasteiger partial charge in [0.1, 0.15) is 0 Å². The first-order chi connectivity index (χ1) is 9.24. The Kier molecular flexibility index (Phi) is 3.65. The van der Waals surface area contributed by atoms with Crippen LogP contribution in [0.4, 0.5) is 5.69 Å². The lowest BCUT2D eigenvalue weighted by atomic mass is 9.92. The summed E-state index contributed by atoms with van der Waals surface area (Å²) in [6.45, 7) is 6.33. The van der Waals surface area contributed by atoms with Gasteiger partial charge >= 0.3 is 0 Å². The zero-order valence-corrected chi connectivity index (χ0v) is 12.0. The molecule has 0 unspecified atom stereocenters. The number of benzene rings is 1. The predicted molar refractivity (Wildman–Crippen MR) is 82.9 cm³/mol. The van der Waals surface area contributed by atoms with Crippen LogP contribution < -0.4 is 4.90 Å². The number of rotatable bonds is 1. The van der Waals surface area contributed by atoms with Crippen LogP contribution in [0.3, 0.4) is 0 Å². The highest BCUT2D eigenvalue weighted by atomic mass is 35.5. The number of hydrogen-bond donors (Lipinski definition) is 0. The molecule has 1 heterocycles. The molecule has 2 aliphatic rings. The maximum atomic E-state index is 5.97. The standard InChI is InChI=1S/C17H20ClN/c1-13-11-19(16-9-7-15(18)8-10-16)12-14-5-3-2-4-6-17(13)14/h7-10H,1-6,11-12H2. The molecule has 1 nitrogen and oxygen atoms in total. The smallest absolute Gasteiger partial charge is 0.0429 e. The number of hydrogen-bond acceptors (Lipinski definition) is 1. The predicted octanol–water partition coefficient (Wildman–Crippen LogP) is 4.98. The van der Waals surface area contributed by atoms with Gasteiger partial charge in [-0.15, -0.1) is 0 Å². The van der Waals surface area contributed by atoms with Gasteiger partial charge in [-0.1, -0.05) is 24.6 Å². The van der Waals surface area contributed by atoms with Crippen LogP contribution in [0.25, 0.3) is 0 Å². The van der Waals surface area contributed by atoms with Crippen LogP contribution in [-0.2, 0) is 0 Å². The molecule has 1 aliphatic carbocycles. The highest BCUT2D eigenvalue weighted by Gasteiger charge is 2.22. The summed E-state index contributed by atoms with van der Waals surface area (Å²) in [6.07, 6.45) is 6.52. The van der Waals surface area contributed by atoms with Crippen molar-refractivity contribution < 1.29 is 0 Å². The lowest BCUT2D eigenvalue weighted by molar-refractivity contribution is 0.706. The summed E-state index contributed by atoms with van der Waals surface area (Å²) < 4.78 is 0. The van der Waals surface area contributed by atoms with Gasteiger partial charge in [-0.2, -0.15) is 0 Å². The minimum Gasteiger partial charge on any atom is -0.363 e. The molecular weight excluding hydrogens is 254 g/mol. The van der Waals surface area contributed by atoms with Crippen molar-refractivity contribution in [2.45, 2.75) is 32.1 Å². The quantitative estimate of drug-likeness (QED) is 0.698. The minimum absolute atomic E-state index is 0.800. The molecule has 100 valence electrons. The molecule has 0 saturated carbocycles. The topological polar surface area (TPSA) is 3.24 Å². The maximum Gasteiger partial charge on any atom is 0.0429 e. The van der Waals surface area contributed by atoms with E-state index in [9.17, 15) is 0 Å². The summed E-state index contributed by atoms with van der Waals surface area (Å²) in [6, 6.07) is 8.16. The van der Waals surface area contributed by atoms with Crippen LogP contribution in [-0.4, -0.2) is 13.1 Å². The minimum atomic E-state index is 0.800. The molecule has 1 aliphatic heterocycles.